The van der Waals surface area contributed by atoms with Crippen LogP contribution in [0.25, 0.3) is 0 Å². The Labute approximate surface area is 275 Å². The number of rotatable bonds is 11. The number of carbonyl (C=O) groups is 1. The lowest BCUT2D eigenvalue weighted by molar-refractivity contribution is -0.134. The molecule has 5 rings (SSSR count). The summed E-state index contributed by atoms with van der Waals surface area (Å²) in [6, 6.07) is 26.5. The lowest BCUT2D eigenvalue weighted by Gasteiger charge is -2.34. The lowest BCUT2D eigenvalue weighted by atomic mass is 10.0. The number of hydrogen-bond acceptors (Lipinski definition) is 7. The number of anilines is 1. The fraction of sp³-hybridized carbons (Fsp3) is 0.306. The van der Waals surface area contributed by atoms with E-state index in [9.17, 15) is 22.7 Å². The van der Waals surface area contributed by atoms with E-state index in [1.165, 1.54) is 12.1 Å². The van der Waals surface area contributed by atoms with E-state index >= 15 is 0 Å². The Balaban J connectivity index is 1.34. The molecular formula is C36H40FN3O6S. The summed E-state index contributed by atoms with van der Waals surface area (Å²) in [4.78, 5) is 17.3. The van der Waals surface area contributed by atoms with Crippen LogP contribution in [0.2, 0.25) is 0 Å². The van der Waals surface area contributed by atoms with Gasteiger partial charge in [0.2, 0.25) is 5.91 Å². The first kappa shape index (κ1) is 33.9. The van der Waals surface area contributed by atoms with Crippen molar-refractivity contribution < 1.29 is 32.2 Å². The van der Waals surface area contributed by atoms with Crippen LogP contribution >= 0.6 is 0 Å². The van der Waals surface area contributed by atoms with Crippen molar-refractivity contribution in [1.29, 1.82) is 0 Å². The highest BCUT2D eigenvalue weighted by Gasteiger charge is 2.31. The molecule has 0 radical (unpaired) electrons. The maximum atomic E-state index is 13.6. The van der Waals surface area contributed by atoms with E-state index in [-0.39, 0.29) is 41.5 Å². The topological polar surface area (TPSA) is 108 Å². The summed E-state index contributed by atoms with van der Waals surface area (Å²) >= 11 is 0. The van der Waals surface area contributed by atoms with Gasteiger partial charge in [0.25, 0.3) is 10.0 Å². The summed E-state index contributed by atoms with van der Waals surface area (Å²) in [6.07, 6.45) is -0.376. The number of aliphatic hydroxyl groups is 1. The Kier molecular flexibility index (Phi) is 10.8. The molecule has 1 aliphatic heterocycles. The SMILES string of the molecule is C[C@H]1CN([C@@H](C)CO)C(=O)Cc2cc(NS(=O)(=O)c3ccc(F)cc3)ccc2O[C@H]1CN(C)Cc1ccc(Oc2ccccc2)cc1. The predicted octanol–water partition coefficient (Wildman–Crippen LogP) is 5.70. The molecule has 1 aliphatic rings. The largest absolute Gasteiger partial charge is 0.488 e. The van der Waals surface area contributed by atoms with Gasteiger partial charge < -0.3 is 19.5 Å². The van der Waals surface area contributed by atoms with Crippen molar-refractivity contribution >= 4 is 21.6 Å². The third-order valence-electron chi connectivity index (χ3n) is 8.14. The number of hydrogen-bond donors (Lipinski definition) is 2. The van der Waals surface area contributed by atoms with Crippen molar-refractivity contribution in [3.63, 3.8) is 0 Å². The second-order valence-electron chi connectivity index (χ2n) is 12.0. The van der Waals surface area contributed by atoms with Crippen LogP contribution in [0.5, 0.6) is 17.2 Å². The van der Waals surface area contributed by atoms with Gasteiger partial charge in [-0.1, -0.05) is 37.3 Å². The van der Waals surface area contributed by atoms with Gasteiger partial charge >= 0.3 is 0 Å². The van der Waals surface area contributed by atoms with E-state index in [4.69, 9.17) is 9.47 Å². The Morgan fingerprint density at radius 3 is 2.38 bits per heavy atom. The van der Waals surface area contributed by atoms with E-state index in [0.717, 1.165) is 29.2 Å². The fourth-order valence-electron chi connectivity index (χ4n) is 5.51. The number of likely N-dealkylation sites (N-methyl/N-ethyl adjacent to an activating group) is 1. The predicted molar refractivity (Wildman–Crippen MR) is 178 cm³/mol. The van der Waals surface area contributed by atoms with E-state index in [0.29, 0.717) is 30.9 Å². The first-order valence-corrected chi connectivity index (χ1v) is 17.0. The van der Waals surface area contributed by atoms with E-state index in [1.807, 2.05) is 68.6 Å². The first-order chi connectivity index (χ1) is 22.5. The zero-order valence-electron chi connectivity index (χ0n) is 26.7. The van der Waals surface area contributed by atoms with Crippen molar-refractivity contribution in [3.05, 3.63) is 114 Å². The second-order valence-corrected chi connectivity index (χ2v) is 13.7. The Morgan fingerprint density at radius 1 is 1.02 bits per heavy atom. The van der Waals surface area contributed by atoms with Crippen LogP contribution in [0.1, 0.15) is 25.0 Å². The molecule has 9 nitrogen and oxygen atoms in total. The number of nitrogens with one attached hydrogen (secondary N) is 1. The minimum Gasteiger partial charge on any atom is -0.488 e. The Bertz CT molecular complexity index is 1750. The van der Waals surface area contributed by atoms with Crippen LogP contribution in [0.4, 0.5) is 10.1 Å². The molecule has 0 bridgehead atoms. The van der Waals surface area contributed by atoms with Gasteiger partial charge in [-0.15, -0.1) is 0 Å². The number of benzene rings is 4. The number of halogens is 1. The number of carbonyl (C=O) groups excluding carboxylic acids is 1. The molecule has 1 amide bonds. The molecule has 0 aromatic heterocycles. The van der Waals surface area contributed by atoms with Gasteiger partial charge in [-0.25, -0.2) is 12.8 Å². The van der Waals surface area contributed by atoms with Crippen LogP contribution in [0.3, 0.4) is 0 Å². The van der Waals surface area contributed by atoms with Gasteiger partial charge in [0.1, 0.15) is 29.2 Å². The molecule has 4 aromatic carbocycles. The molecule has 0 aliphatic carbocycles. The van der Waals surface area contributed by atoms with Crippen molar-refractivity contribution in [2.75, 3.05) is 31.5 Å². The quantitative estimate of drug-likeness (QED) is 0.212. The average Bonchev–Trinajstić information content (AvgIpc) is 3.09. The normalized spacial score (nSPS) is 17.6. The molecule has 1 heterocycles. The molecule has 0 spiro atoms. The number of fused-ring (bicyclic) bond motifs is 1. The van der Waals surface area contributed by atoms with Crippen LogP contribution in [0, 0.1) is 11.7 Å². The molecule has 3 atom stereocenters. The van der Waals surface area contributed by atoms with Gasteiger partial charge in [-0.2, -0.15) is 0 Å². The summed E-state index contributed by atoms with van der Waals surface area (Å²) in [7, 11) is -2.00. The Hall–Kier alpha value is -4.45. The average molecular weight is 662 g/mol. The molecule has 0 saturated carbocycles. The van der Waals surface area contributed by atoms with Gasteiger partial charge in [0.05, 0.1) is 24.0 Å². The molecular weight excluding hydrogens is 621 g/mol. The van der Waals surface area contributed by atoms with E-state index in [1.54, 1.807) is 30.0 Å². The highest BCUT2D eigenvalue weighted by molar-refractivity contribution is 7.92. The monoisotopic (exact) mass is 661 g/mol. The number of ether oxygens (including phenoxy) is 2. The van der Waals surface area contributed by atoms with Crippen molar-refractivity contribution in [2.45, 2.75) is 43.9 Å². The summed E-state index contributed by atoms with van der Waals surface area (Å²) < 4.78 is 54.4. The molecule has 0 saturated heterocycles. The number of para-hydroxylation sites is 1. The van der Waals surface area contributed by atoms with Crippen LogP contribution in [-0.4, -0.2) is 68.1 Å². The summed E-state index contributed by atoms with van der Waals surface area (Å²) in [5.74, 6) is 1.15. The van der Waals surface area contributed by atoms with Gasteiger partial charge in [0, 0.05) is 36.8 Å². The van der Waals surface area contributed by atoms with Gasteiger partial charge in [0.15, 0.2) is 0 Å². The van der Waals surface area contributed by atoms with Crippen molar-refractivity contribution in [3.8, 4) is 17.2 Å². The maximum Gasteiger partial charge on any atom is 0.261 e. The molecule has 248 valence electrons. The molecule has 0 unspecified atom stereocenters. The van der Waals surface area contributed by atoms with Crippen LogP contribution in [0.15, 0.2) is 102 Å². The minimum absolute atomic E-state index is 0.0432. The summed E-state index contributed by atoms with van der Waals surface area (Å²) in [6.45, 7) is 5.18. The molecule has 0 fully saturated rings. The maximum absolute atomic E-state index is 13.6. The lowest BCUT2D eigenvalue weighted by Crippen LogP contribution is -2.47. The Morgan fingerprint density at radius 2 is 1.70 bits per heavy atom. The van der Waals surface area contributed by atoms with Crippen LogP contribution < -0.4 is 14.2 Å². The number of sulfonamides is 1. The summed E-state index contributed by atoms with van der Waals surface area (Å²) in [5, 5.41) is 9.95. The van der Waals surface area contributed by atoms with E-state index in [2.05, 4.69) is 9.62 Å². The highest BCUT2D eigenvalue weighted by Crippen LogP contribution is 2.30. The van der Waals surface area contributed by atoms with Gasteiger partial charge in [-0.3, -0.25) is 14.4 Å². The number of amides is 1. The minimum atomic E-state index is -4.01. The zero-order chi connectivity index (χ0) is 33.6. The molecule has 11 heteroatoms. The third kappa shape index (κ3) is 8.88. The van der Waals surface area contributed by atoms with Crippen molar-refractivity contribution in [1.82, 2.24) is 9.80 Å². The van der Waals surface area contributed by atoms with E-state index < -0.39 is 21.9 Å². The fourth-order valence-corrected chi connectivity index (χ4v) is 6.56. The second kappa shape index (κ2) is 15.0. The van der Waals surface area contributed by atoms with Crippen LogP contribution in [-0.2, 0) is 27.8 Å². The highest BCUT2D eigenvalue weighted by atomic mass is 32.2. The molecule has 2 N–H and O–H groups in total. The zero-order valence-corrected chi connectivity index (χ0v) is 27.5. The standard InChI is InChI=1S/C36H40FN3O6S/c1-25-21-40(26(2)24-41)36(42)20-28-19-30(38-47(43,44)33-16-11-29(37)12-17-33)13-18-34(28)46-35(25)23-39(3)22-27-9-14-32(15-10-27)45-31-7-5-4-6-8-31/h4-19,25-26,35,38,41H,20-24H2,1-3H3/t25-,26-,35-/m0/s1. The summed E-state index contributed by atoms with van der Waals surface area (Å²) in [5.41, 5.74) is 1.85. The molecule has 4 aromatic rings. The van der Waals surface area contributed by atoms with Crippen molar-refractivity contribution in [2.24, 2.45) is 5.92 Å². The van der Waals surface area contributed by atoms with Gasteiger partial charge in [-0.05, 0) is 86.3 Å². The molecule has 47 heavy (non-hydrogen) atoms. The number of aliphatic hydroxyl groups excluding tert-OH is 1. The smallest absolute Gasteiger partial charge is 0.261 e. The first-order valence-electron chi connectivity index (χ1n) is 15.5. The third-order valence-corrected chi connectivity index (χ3v) is 9.54. The number of nitrogens with zero attached hydrogens (tertiary/aromatic N) is 2.